The molecule has 4 amide bonds. The fourth-order valence-electron chi connectivity index (χ4n) is 2.85. The number of rotatable bonds is 4. The van der Waals surface area contributed by atoms with Crippen LogP contribution in [0.15, 0.2) is 0 Å². The van der Waals surface area contributed by atoms with Gasteiger partial charge in [-0.2, -0.15) is 0 Å². The van der Waals surface area contributed by atoms with Crippen molar-refractivity contribution in [2.45, 2.75) is 44.1 Å². The second-order valence-electron chi connectivity index (χ2n) is 6.03. The molecular weight excluding hydrogens is 274 g/mol. The summed E-state index contributed by atoms with van der Waals surface area (Å²) in [6, 6.07) is -0.455. The van der Waals surface area contributed by atoms with Gasteiger partial charge in [0.15, 0.2) is 0 Å². The quantitative estimate of drug-likeness (QED) is 0.568. The van der Waals surface area contributed by atoms with E-state index in [0.717, 1.165) is 30.6 Å². The Morgan fingerprint density at radius 1 is 1.24 bits per heavy atom. The van der Waals surface area contributed by atoms with E-state index in [1.165, 1.54) is 11.9 Å². The predicted octanol–water partition coefficient (Wildman–Crippen LogP) is 0.0819. The molecule has 0 unspecified atom stereocenters. The van der Waals surface area contributed by atoms with Gasteiger partial charge in [-0.25, -0.2) is 4.79 Å². The van der Waals surface area contributed by atoms with Gasteiger partial charge in [0, 0.05) is 13.6 Å². The summed E-state index contributed by atoms with van der Waals surface area (Å²) >= 11 is 0. The van der Waals surface area contributed by atoms with Crippen LogP contribution < -0.4 is 5.32 Å². The van der Waals surface area contributed by atoms with Crippen LogP contribution in [-0.2, 0) is 9.59 Å². The van der Waals surface area contributed by atoms with Crippen LogP contribution in [0.5, 0.6) is 0 Å². The zero-order valence-corrected chi connectivity index (χ0v) is 12.4. The minimum Gasteiger partial charge on any atom is -0.388 e. The largest absolute Gasteiger partial charge is 0.388 e. The lowest BCUT2D eigenvalue weighted by atomic mass is 9.94. The summed E-state index contributed by atoms with van der Waals surface area (Å²) < 4.78 is 0. The Bertz CT molecular complexity index is 430. The summed E-state index contributed by atoms with van der Waals surface area (Å²) in [7, 11) is 1.52. The van der Waals surface area contributed by atoms with Crippen molar-refractivity contribution in [3.63, 3.8) is 0 Å². The topological polar surface area (TPSA) is 90.0 Å². The van der Waals surface area contributed by atoms with Crippen molar-refractivity contribution in [3.05, 3.63) is 0 Å². The number of imide groups is 1. The predicted molar refractivity (Wildman–Crippen MR) is 75.4 cm³/mol. The Kier molecular flexibility index (Phi) is 4.82. The number of hydrogen-bond donors (Lipinski definition) is 2. The lowest BCUT2D eigenvalue weighted by Crippen LogP contribution is -2.47. The van der Waals surface area contributed by atoms with Crippen LogP contribution >= 0.6 is 0 Å². The van der Waals surface area contributed by atoms with Gasteiger partial charge in [-0.15, -0.1) is 0 Å². The number of carbonyl (C=O) groups excluding carboxylic acids is 3. The number of nitrogens with one attached hydrogen (secondary N) is 1. The van der Waals surface area contributed by atoms with Crippen LogP contribution in [-0.4, -0.2) is 65.0 Å². The first-order valence-electron chi connectivity index (χ1n) is 7.46. The molecule has 2 N–H and O–H groups in total. The van der Waals surface area contributed by atoms with Gasteiger partial charge < -0.3 is 15.3 Å². The van der Waals surface area contributed by atoms with E-state index in [-0.39, 0.29) is 25.5 Å². The number of hydrogen-bond acceptors (Lipinski definition) is 4. The minimum atomic E-state index is -0.859. The second-order valence-corrected chi connectivity index (χ2v) is 6.03. The maximum absolute atomic E-state index is 11.9. The van der Waals surface area contributed by atoms with E-state index in [4.69, 9.17) is 0 Å². The molecule has 1 saturated carbocycles. The van der Waals surface area contributed by atoms with Crippen LogP contribution in [0, 0.1) is 0 Å². The molecule has 1 heterocycles. The van der Waals surface area contributed by atoms with Gasteiger partial charge in [0.1, 0.15) is 13.1 Å². The number of urea groups is 1. The molecule has 0 spiro atoms. The average molecular weight is 297 g/mol. The molecule has 0 atom stereocenters. The molecule has 2 rings (SSSR count). The van der Waals surface area contributed by atoms with Crippen molar-refractivity contribution in [3.8, 4) is 0 Å². The van der Waals surface area contributed by atoms with Gasteiger partial charge in [-0.3, -0.25) is 14.5 Å². The molecule has 0 radical (unpaired) electrons. The van der Waals surface area contributed by atoms with Crippen molar-refractivity contribution < 1.29 is 19.5 Å². The molecule has 2 fully saturated rings. The van der Waals surface area contributed by atoms with Crippen LogP contribution in [0.4, 0.5) is 4.79 Å². The first-order valence-corrected chi connectivity index (χ1v) is 7.46. The average Bonchev–Trinajstić information content (AvgIpc) is 2.62. The zero-order valence-electron chi connectivity index (χ0n) is 12.4. The highest BCUT2D eigenvalue weighted by atomic mass is 16.3. The van der Waals surface area contributed by atoms with E-state index in [9.17, 15) is 19.5 Å². The van der Waals surface area contributed by atoms with Crippen molar-refractivity contribution >= 4 is 17.8 Å². The molecule has 0 aromatic carbocycles. The first kappa shape index (κ1) is 15.8. The fourth-order valence-corrected chi connectivity index (χ4v) is 2.85. The lowest BCUT2D eigenvalue weighted by molar-refractivity contribution is -0.131. The lowest BCUT2D eigenvalue weighted by Gasteiger charge is -2.27. The van der Waals surface area contributed by atoms with E-state index >= 15 is 0 Å². The van der Waals surface area contributed by atoms with Crippen molar-refractivity contribution in [1.82, 2.24) is 15.1 Å². The van der Waals surface area contributed by atoms with Gasteiger partial charge >= 0.3 is 6.03 Å². The molecule has 0 bridgehead atoms. The van der Waals surface area contributed by atoms with Crippen LogP contribution in [0.3, 0.4) is 0 Å². The van der Waals surface area contributed by atoms with E-state index in [0.29, 0.717) is 12.8 Å². The number of likely N-dealkylation sites (N-methyl/N-ethyl adjacent to an activating group) is 1. The molecule has 118 valence electrons. The highest BCUT2D eigenvalue weighted by Crippen LogP contribution is 2.26. The van der Waals surface area contributed by atoms with E-state index in [1.54, 1.807) is 0 Å². The van der Waals surface area contributed by atoms with Gasteiger partial charge in [0.05, 0.1) is 5.60 Å². The van der Waals surface area contributed by atoms with E-state index < -0.39 is 17.5 Å². The summed E-state index contributed by atoms with van der Waals surface area (Å²) in [6.07, 6.45) is 5.49. The summed E-state index contributed by atoms with van der Waals surface area (Å²) in [4.78, 5) is 37.3. The normalized spacial score (nSPS) is 22.4. The number of carbonyl (C=O) groups is 3. The molecule has 1 aliphatic heterocycles. The SMILES string of the molecule is CN1CC(=O)N(CC(=O)NCC2(O)CCCCCC2)C1=O. The Balaban J connectivity index is 1.82. The molecule has 7 heteroatoms. The summed E-state index contributed by atoms with van der Waals surface area (Å²) in [5.74, 6) is -0.782. The Labute approximate surface area is 124 Å². The van der Waals surface area contributed by atoms with Crippen molar-refractivity contribution in [1.29, 1.82) is 0 Å². The summed E-state index contributed by atoms with van der Waals surface area (Å²) in [6.45, 7) is -0.0912. The molecule has 21 heavy (non-hydrogen) atoms. The molecule has 1 saturated heterocycles. The highest BCUT2D eigenvalue weighted by molar-refractivity contribution is 6.04. The summed E-state index contributed by atoms with van der Waals surface area (Å²) in [5.41, 5.74) is -0.859. The third-order valence-corrected chi connectivity index (χ3v) is 4.18. The third-order valence-electron chi connectivity index (χ3n) is 4.18. The Morgan fingerprint density at radius 3 is 2.38 bits per heavy atom. The molecule has 0 aromatic rings. The Morgan fingerprint density at radius 2 is 1.86 bits per heavy atom. The fraction of sp³-hybridized carbons (Fsp3) is 0.786. The maximum Gasteiger partial charge on any atom is 0.327 e. The number of nitrogens with zero attached hydrogens (tertiary/aromatic N) is 2. The number of aliphatic hydroxyl groups is 1. The van der Waals surface area contributed by atoms with Crippen molar-refractivity contribution in [2.24, 2.45) is 0 Å². The second kappa shape index (κ2) is 6.43. The molecule has 2 aliphatic rings. The first-order chi connectivity index (χ1) is 9.91. The monoisotopic (exact) mass is 297 g/mol. The van der Waals surface area contributed by atoms with Crippen LogP contribution in [0.25, 0.3) is 0 Å². The summed E-state index contributed by atoms with van der Waals surface area (Å²) in [5, 5.41) is 13.1. The molecule has 7 nitrogen and oxygen atoms in total. The third kappa shape index (κ3) is 3.93. The van der Waals surface area contributed by atoms with E-state index in [1.807, 2.05) is 0 Å². The van der Waals surface area contributed by atoms with Gasteiger partial charge in [0.25, 0.3) is 5.91 Å². The van der Waals surface area contributed by atoms with E-state index in [2.05, 4.69) is 5.32 Å². The highest BCUT2D eigenvalue weighted by Gasteiger charge is 2.35. The van der Waals surface area contributed by atoms with Gasteiger partial charge in [-0.05, 0) is 12.8 Å². The minimum absolute atomic E-state index is 0.00997. The Hall–Kier alpha value is -1.63. The molecular formula is C14H23N3O4. The molecule has 0 aromatic heterocycles. The standard InChI is InChI=1S/C14H23N3O4/c1-16-9-12(19)17(13(16)20)8-11(18)15-10-14(21)6-4-2-3-5-7-14/h21H,2-10H2,1H3,(H,15,18). The van der Waals surface area contributed by atoms with Crippen LogP contribution in [0.1, 0.15) is 38.5 Å². The smallest absolute Gasteiger partial charge is 0.327 e. The van der Waals surface area contributed by atoms with Crippen LogP contribution in [0.2, 0.25) is 0 Å². The zero-order chi connectivity index (χ0) is 15.5. The van der Waals surface area contributed by atoms with Gasteiger partial charge in [0.2, 0.25) is 5.91 Å². The number of amides is 4. The van der Waals surface area contributed by atoms with Gasteiger partial charge in [-0.1, -0.05) is 25.7 Å². The molecule has 1 aliphatic carbocycles. The maximum atomic E-state index is 11.9. The van der Waals surface area contributed by atoms with Crippen molar-refractivity contribution in [2.75, 3.05) is 26.7 Å².